The fourth-order valence-corrected chi connectivity index (χ4v) is 2.48. The number of anilines is 1. The van der Waals surface area contributed by atoms with Crippen molar-refractivity contribution in [1.29, 1.82) is 0 Å². The topological polar surface area (TPSA) is 40.5 Å². The zero-order valence-electron chi connectivity index (χ0n) is 9.40. The zero-order chi connectivity index (χ0) is 12.4. The third kappa shape index (κ3) is 2.42. The number of aliphatic hydroxyl groups excluding tert-OH is 1. The number of hydrogen-bond acceptors (Lipinski definition) is 2. The molecule has 17 heavy (non-hydrogen) atoms. The number of amides is 1. The molecule has 0 bridgehead atoms. The fraction of sp³-hybridized carbons (Fsp3) is 0.308. The summed E-state index contributed by atoms with van der Waals surface area (Å²) in [7, 11) is 0. The van der Waals surface area contributed by atoms with E-state index in [1.165, 1.54) is 0 Å². The molecule has 0 aromatic heterocycles. The summed E-state index contributed by atoms with van der Waals surface area (Å²) in [6, 6.07) is 5.58. The van der Waals surface area contributed by atoms with Crippen molar-refractivity contribution in [3.05, 3.63) is 40.9 Å². The number of halogens is 1. The van der Waals surface area contributed by atoms with Crippen molar-refractivity contribution >= 4 is 27.5 Å². The summed E-state index contributed by atoms with van der Waals surface area (Å²) >= 11 is 3.36. The maximum Gasteiger partial charge on any atom is 0.227 e. The number of hydrogen-bond donors (Lipinski definition) is 1. The van der Waals surface area contributed by atoms with Gasteiger partial charge in [0.1, 0.15) is 0 Å². The van der Waals surface area contributed by atoms with Crippen LogP contribution in [-0.2, 0) is 11.4 Å². The van der Waals surface area contributed by atoms with Crippen LogP contribution in [0.5, 0.6) is 0 Å². The molecular weight excluding hydrogens is 282 g/mol. The van der Waals surface area contributed by atoms with Gasteiger partial charge in [-0.3, -0.25) is 4.79 Å². The summed E-state index contributed by atoms with van der Waals surface area (Å²) in [6.07, 6.45) is 2.32. The van der Waals surface area contributed by atoms with Gasteiger partial charge in [-0.1, -0.05) is 22.0 Å². The average Bonchev–Trinajstić information content (AvgIpc) is 2.70. The van der Waals surface area contributed by atoms with Crippen molar-refractivity contribution in [2.24, 2.45) is 5.92 Å². The van der Waals surface area contributed by atoms with E-state index in [2.05, 4.69) is 22.5 Å². The van der Waals surface area contributed by atoms with Gasteiger partial charge < -0.3 is 10.0 Å². The third-order valence-corrected chi connectivity index (χ3v) is 3.48. The lowest BCUT2D eigenvalue weighted by atomic mass is 10.1. The minimum atomic E-state index is -0.0721. The summed E-state index contributed by atoms with van der Waals surface area (Å²) in [4.78, 5) is 13.6. The van der Waals surface area contributed by atoms with E-state index in [1.54, 1.807) is 4.90 Å². The Kier molecular flexibility index (Phi) is 3.64. The maximum atomic E-state index is 11.9. The summed E-state index contributed by atoms with van der Waals surface area (Å²) < 4.78 is 0.900. The molecule has 1 heterocycles. The third-order valence-electron chi connectivity index (χ3n) is 2.99. The molecular formula is C13H14BrNO2. The van der Waals surface area contributed by atoms with Gasteiger partial charge in [-0.15, -0.1) is 6.58 Å². The summed E-state index contributed by atoms with van der Waals surface area (Å²) in [6.45, 7) is 4.30. The first-order valence-electron chi connectivity index (χ1n) is 5.48. The van der Waals surface area contributed by atoms with Gasteiger partial charge in [0.05, 0.1) is 6.61 Å². The van der Waals surface area contributed by atoms with Crippen molar-refractivity contribution in [1.82, 2.24) is 0 Å². The standard InChI is InChI=1S/C13H14BrNO2/c1-2-9-5-13(17)15(7-9)12-4-3-11(14)6-10(12)8-16/h2-4,6,9,16H,1,5,7-8H2. The van der Waals surface area contributed by atoms with E-state index in [-0.39, 0.29) is 18.4 Å². The molecule has 1 aromatic carbocycles. The van der Waals surface area contributed by atoms with Crippen molar-refractivity contribution < 1.29 is 9.90 Å². The Balaban J connectivity index is 2.34. The molecule has 3 nitrogen and oxygen atoms in total. The average molecular weight is 296 g/mol. The quantitative estimate of drug-likeness (QED) is 0.871. The highest BCUT2D eigenvalue weighted by molar-refractivity contribution is 9.10. The molecule has 1 saturated heterocycles. The molecule has 0 radical (unpaired) electrons. The molecule has 1 fully saturated rings. The monoisotopic (exact) mass is 295 g/mol. The Labute approximate surface area is 109 Å². The van der Waals surface area contributed by atoms with Gasteiger partial charge in [0.25, 0.3) is 0 Å². The molecule has 1 aliphatic heterocycles. The molecule has 1 unspecified atom stereocenters. The van der Waals surface area contributed by atoms with Crippen LogP contribution in [0.2, 0.25) is 0 Å². The highest BCUT2D eigenvalue weighted by Gasteiger charge is 2.29. The van der Waals surface area contributed by atoms with Gasteiger partial charge in [-0.05, 0) is 18.2 Å². The molecule has 90 valence electrons. The van der Waals surface area contributed by atoms with Crippen LogP contribution in [0.1, 0.15) is 12.0 Å². The van der Waals surface area contributed by atoms with Crippen LogP contribution >= 0.6 is 15.9 Å². The molecule has 1 aliphatic rings. The predicted octanol–water partition coefficient (Wildman–Crippen LogP) is 2.48. The normalized spacial score (nSPS) is 19.8. The molecule has 4 heteroatoms. The first kappa shape index (κ1) is 12.3. The van der Waals surface area contributed by atoms with E-state index in [0.717, 1.165) is 15.7 Å². The predicted molar refractivity (Wildman–Crippen MR) is 70.7 cm³/mol. The van der Waals surface area contributed by atoms with Crippen LogP contribution in [0, 0.1) is 5.92 Å². The Hall–Kier alpha value is -1.13. The van der Waals surface area contributed by atoms with E-state index in [0.29, 0.717) is 13.0 Å². The fourth-order valence-electron chi connectivity index (χ4n) is 2.07. The Morgan fingerprint density at radius 2 is 2.35 bits per heavy atom. The minimum Gasteiger partial charge on any atom is -0.392 e. The van der Waals surface area contributed by atoms with E-state index >= 15 is 0 Å². The SMILES string of the molecule is C=CC1CC(=O)N(c2ccc(Br)cc2CO)C1. The first-order chi connectivity index (χ1) is 8.15. The number of aliphatic hydroxyl groups is 1. The molecule has 1 N–H and O–H groups in total. The molecule has 1 atom stereocenters. The Morgan fingerprint density at radius 1 is 1.59 bits per heavy atom. The van der Waals surface area contributed by atoms with E-state index in [4.69, 9.17) is 0 Å². The van der Waals surface area contributed by atoms with Gasteiger partial charge in [0.15, 0.2) is 0 Å². The smallest absolute Gasteiger partial charge is 0.227 e. The van der Waals surface area contributed by atoms with Crippen molar-refractivity contribution in [3.8, 4) is 0 Å². The lowest BCUT2D eigenvalue weighted by Gasteiger charge is -2.19. The Morgan fingerprint density at radius 3 is 2.94 bits per heavy atom. The van der Waals surface area contributed by atoms with Crippen LogP contribution < -0.4 is 4.90 Å². The van der Waals surface area contributed by atoms with Crippen molar-refractivity contribution in [2.45, 2.75) is 13.0 Å². The van der Waals surface area contributed by atoms with Crippen LogP contribution in [-0.4, -0.2) is 17.6 Å². The second kappa shape index (κ2) is 5.02. The highest BCUT2D eigenvalue weighted by Crippen LogP contribution is 2.30. The van der Waals surface area contributed by atoms with Crippen LogP contribution in [0.15, 0.2) is 35.3 Å². The van der Waals surface area contributed by atoms with Gasteiger partial charge >= 0.3 is 0 Å². The lowest BCUT2D eigenvalue weighted by molar-refractivity contribution is -0.117. The van der Waals surface area contributed by atoms with Gasteiger partial charge in [-0.25, -0.2) is 0 Å². The highest BCUT2D eigenvalue weighted by atomic mass is 79.9. The zero-order valence-corrected chi connectivity index (χ0v) is 11.0. The first-order valence-corrected chi connectivity index (χ1v) is 6.27. The number of nitrogens with zero attached hydrogens (tertiary/aromatic N) is 1. The number of carbonyl (C=O) groups excluding carboxylic acids is 1. The second-order valence-electron chi connectivity index (χ2n) is 4.14. The maximum absolute atomic E-state index is 11.9. The summed E-state index contributed by atoms with van der Waals surface area (Å²) in [5, 5.41) is 9.33. The van der Waals surface area contributed by atoms with Crippen LogP contribution in [0.3, 0.4) is 0 Å². The van der Waals surface area contributed by atoms with Crippen LogP contribution in [0.4, 0.5) is 5.69 Å². The van der Waals surface area contributed by atoms with Gasteiger partial charge in [0, 0.05) is 34.6 Å². The van der Waals surface area contributed by atoms with Crippen LogP contribution in [0.25, 0.3) is 0 Å². The molecule has 2 rings (SSSR count). The van der Waals surface area contributed by atoms with E-state index in [9.17, 15) is 9.90 Å². The van der Waals surface area contributed by atoms with Gasteiger partial charge in [0.2, 0.25) is 5.91 Å². The molecule has 1 amide bonds. The lowest BCUT2D eigenvalue weighted by Crippen LogP contribution is -2.25. The van der Waals surface area contributed by atoms with E-state index < -0.39 is 0 Å². The Bertz CT molecular complexity index is 459. The molecule has 0 saturated carbocycles. The van der Waals surface area contributed by atoms with Gasteiger partial charge in [-0.2, -0.15) is 0 Å². The van der Waals surface area contributed by atoms with Crippen molar-refractivity contribution in [3.63, 3.8) is 0 Å². The van der Waals surface area contributed by atoms with E-state index in [1.807, 2.05) is 24.3 Å². The molecule has 0 aliphatic carbocycles. The number of benzene rings is 1. The summed E-state index contributed by atoms with van der Waals surface area (Å²) in [5.41, 5.74) is 1.56. The number of carbonyl (C=O) groups is 1. The molecule has 1 aromatic rings. The number of rotatable bonds is 3. The minimum absolute atomic E-state index is 0.0721. The molecule has 0 spiro atoms. The summed E-state index contributed by atoms with van der Waals surface area (Å²) in [5.74, 6) is 0.296. The largest absolute Gasteiger partial charge is 0.392 e. The van der Waals surface area contributed by atoms with Crippen molar-refractivity contribution in [2.75, 3.05) is 11.4 Å². The second-order valence-corrected chi connectivity index (χ2v) is 5.05.